The molecule has 1 aliphatic rings. The van der Waals surface area contributed by atoms with Crippen LogP contribution in [-0.4, -0.2) is 48.6 Å². The minimum absolute atomic E-state index is 0.691. The second kappa shape index (κ2) is 8.40. The summed E-state index contributed by atoms with van der Waals surface area (Å²) >= 11 is 0. The van der Waals surface area contributed by atoms with Crippen molar-refractivity contribution < 1.29 is 0 Å². The Balaban J connectivity index is 1.90. The average Bonchev–Trinajstić information content (AvgIpc) is 2.48. The summed E-state index contributed by atoms with van der Waals surface area (Å²) in [6, 6.07) is 11.5. The Morgan fingerprint density at radius 3 is 2.75 bits per heavy atom. The molecule has 1 heterocycles. The largest absolute Gasteiger partial charge is 0.329 e. The SMILES string of the molecule is CCCN(CCN)C1CCCN(Cc2ccccc2)C1. The fourth-order valence-corrected chi connectivity index (χ4v) is 3.24. The molecule has 0 aliphatic carbocycles. The standard InChI is InChI=1S/C17H29N3/c1-2-11-20(13-10-18)17-9-6-12-19(15-17)14-16-7-4-3-5-8-16/h3-5,7-8,17H,2,6,9-15,18H2,1H3. The zero-order chi connectivity index (χ0) is 14.2. The molecule has 0 aromatic heterocycles. The third-order valence-electron chi connectivity index (χ3n) is 4.17. The van der Waals surface area contributed by atoms with Crippen LogP contribution in [0.15, 0.2) is 30.3 Å². The molecule has 1 fully saturated rings. The fraction of sp³-hybridized carbons (Fsp3) is 0.647. The summed E-state index contributed by atoms with van der Waals surface area (Å²) < 4.78 is 0. The van der Waals surface area contributed by atoms with Crippen LogP contribution < -0.4 is 5.73 Å². The van der Waals surface area contributed by atoms with Gasteiger partial charge in [-0.25, -0.2) is 0 Å². The lowest BCUT2D eigenvalue weighted by Gasteiger charge is -2.39. The van der Waals surface area contributed by atoms with Crippen LogP contribution in [0.3, 0.4) is 0 Å². The second-order valence-electron chi connectivity index (χ2n) is 5.84. The highest BCUT2D eigenvalue weighted by Gasteiger charge is 2.24. The van der Waals surface area contributed by atoms with Crippen molar-refractivity contribution in [3.8, 4) is 0 Å². The number of benzene rings is 1. The molecule has 1 atom stereocenters. The Hall–Kier alpha value is -0.900. The van der Waals surface area contributed by atoms with Crippen LogP contribution in [0.2, 0.25) is 0 Å². The van der Waals surface area contributed by atoms with Crippen molar-refractivity contribution in [3.63, 3.8) is 0 Å². The van der Waals surface area contributed by atoms with E-state index in [9.17, 15) is 0 Å². The second-order valence-corrected chi connectivity index (χ2v) is 5.84. The summed E-state index contributed by atoms with van der Waals surface area (Å²) in [5.41, 5.74) is 7.19. The highest BCUT2D eigenvalue weighted by molar-refractivity contribution is 5.14. The van der Waals surface area contributed by atoms with Gasteiger partial charge < -0.3 is 5.73 Å². The van der Waals surface area contributed by atoms with E-state index in [-0.39, 0.29) is 0 Å². The Kier molecular flexibility index (Phi) is 6.51. The molecular weight excluding hydrogens is 246 g/mol. The Bertz CT molecular complexity index is 360. The van der Waals surface area contributed by atoms with Crippen molar-refractivity contribution in [1.82, 2.24) is 9.80 Å². The van der Waals surface area contributed by atoms with Gasteiger partial charge in [-0.15, -0.1) is 0 Å². The van der Waals surface area contributed by atoms with Crippen LogP contribution >= 0.6 is 0 Å². The van der Waals surface area contributed by atoms with Gasteiger partial charge in [-0.2, -0.15) is 0 Å². The molecule has 112 valence electrons. The zero-order valence-electron chi connectivity index (χ0n) is 12.8. The van der Waals surface area contributed by atoms with Gasteiger partial charge in [0.1, 0.15) is 0 Å². The van der Waals surface area contributed by atoms with Gasteiger partial charge in [0.15, 0.2) is 0 Å². The molecule has 1 saturated heterocycles. The summed E-state index contributed by atoms with van der Waals surface area (Å²) in [6.45, 7) is 8.75. The molecule has 2 rings (SSSR count). The van der Waals surface area contributed by atoms with E-state index in [1.54, 1.807) is 0 Å². The Morgan fingerprint density at radius 2 is 2.05 bits per heavy atom. The molecule has 3 heteroatoms. The van der Waals surface area contributed by atoms with Gasteiger partial charge in [0.25, 0.3) is 0 Å². The molecule has 0 spiro atoms. The van der Waals surface area contributed by atoms with Gasteiger partial charge in [0, 0.05) is 32.2 Å². The zero-order valence-corrected chi connectivity index (χ0v) is 12.8. The first kappa shape index (κ1) is 15.5. The van der Waals surface area contributed by atoms with E-state index in [4.69, 9.17) is 5.73 Å². The lowest BCUT2D eigenvalue weighted by Crippen LogP contribution is -2.49. The maximum absolute atomic E-state index is 5.77. The van der Waals surface area contributed by atoms with E-state index in [1.165, 1.54) is 44.5 Å². The first-order valence-corrected chi connectivity index (χ1v) is 8.04. The van der Waals surface area contributed by atoms with Crippen molar-refractivity contribution >= 4 is 0 Å². The van der Waals surface area contributed by atoms with Crippen molar-refractivity contribution in [1.29, 1.82) is 0 Å². The molecular formula is C17H29N3. The van der Waals surface area contributed by atoms with Crippen LogP contribution in [0.25, 0.3) is 0 Å². The number of likely N-dealkylation sites (tertiary alicyclic amines) is 1. The van der Waals surface area contributed by atoms with E-state index in [2.05, 4.69) is 47.1 Å². The van der Waals surface area contributed by atoms with Gasteiger partial charge in [-0.05, 0) is 37.9 Å². The molecule has 1 aromatic rings. The molecule has 0 amide bonds. The number of nitrogens with two attached hydrogens (primary N) is 1. The molecule has 2 N–H and O–H groups in total. The van der Waals surface area contributed by atoms with Gasteiger partial charge in [0.05, 0.1) is 0 Å². The molecule has 1 aliphatic heterocycles. The van der Waals surface area contributed by atoms with E-state index in [0.717, 1.165) is 19.6 Å². The minimum atomic E-state index is 0.691. The third-order valence-corrected chi connectivity index (χ3v) is 4.17. The first-order chi connectivity index (χ1) is 9.83. The van der Waals surface area contributed by atoms with E-state index in [0.29, 0.717) is 6.04 Å². The Labute approximate surface area is 123 Å². The van der Waals surface area contributed by atoms with Crippen molar-refractivity contribution in [2.45, 2.75) is 38.8 Å². The summed E-state index contributed by atoms with van der Waals surface area (Å²) in [5.74, 6) is 0. The lowest BCUT2D eigenvalue weighted by molar-refractivity contribution is 0.0951. The van der Waals surface area contributed by atoms with Crippen LogP contribution in [0, 0.1) is 0 Å². The number of hydrogen-bond acceptors (Lipinski definition) is 3. The third kappa shape index (κ3) is 4.58. The molecule has 20 heavy (non-hydrogen) atoms. The normalized spacial score (nSPS) is 20.4. The van der Waals surface area contributed by atoms with Gasteiger partial charge >= 0.3 is 0 Å². The first-order valence-electron chi connectivity index (χ1n) is 8.04. The van der Waals surface area contributed by atoms with Crippen LogP contribution in [-0.2, 0) is 6.54 Å². The average molecular weight is 275 g/mol. The smallest absolute Gasteiger partial charge is 0.0234 e. The predicted octanol–water partition coefficient (Wildman–Crippen LogP) is 2.32. The van der Waals surface area contributed by atoms with E-state index in [1.807, 2.05) is 0 Å². The number of piperidine rings is 1. The minimum Gasteiger partial charge on any atom is -0.329 e. The van der Waals surface area contributed by atoms with Gasteiger partial charge in [0.2, 0.25) is 0 Å². The van der Waals surface area contributed by atoms with E-state index >= 15 is 0 Å². The van der Waals surface area contributed by atoms with Crippen molar-refractivity contribution in [2.24, 2.45) is 5.73 Å². The maximum Gasteiger partial charge on any atom is 0.0234 e. The summed E-state index contributed by atoms with van der Waals surface area (Å²) in [6.07, 6.45) is 3.85. The Morgan fingerprint density at radius 1 is 1.25 bits per heavy atom. The summed E-state index contributed by atoms with van der Waals surface area (Å²) in [5, 5.41) is 0. The van der Waals surface area contributed by atoms with E-state index < -0.39 is 0 Å². The van der Waals surface area contributed by atoms with Crippen molar-refractivity contribution in [3.05, 3.63) is 35.9 Å². The molecule has 0 saturated carbocycles. The highest BCUT2D eigenvalue weighted by atomic mass is 15.2. The van der Waals surface area contributed by atoms with Crippen LogP contribution in [0.4, 0.5) is 0 Å². The summed E-state index contributed by atoms with van der Waals surface area (Å²) in [7, 11) is 0. The predicted molar refractivity (Wildman–Crippen MR) is 85.7 cm³/mol. The molecule has 1 aromatic carbocycles. The number of rotatable bonds is 7. The number of hydrogen-bond donors (Lipinski definition) is 1. The van der Waals surface area contributed by atoms with Crippen LogP contribution in [0.5, 0.6) is 0 Å². The fourth-order valence-electron chi connectivity index (χ4n) is 3.24. The molecule has 0 radical (unpaired) electrons. The monoisotopic (exact) mass is 275 g/mol. The quantitative estimate of drug-likeness (QED) is 0.829. The molecule has 3 nitrogen and oxygen atoms in total. The topological polar surface area (TPSA) is 32.5 Å². The maximum atomic E-state index is 5.77. The van der Waals surface area contributed by atoms with Gasteiger partial charge in [-0.3, -0.25) is 9.80 Å². The molecule has 1 unspecified atom stereocenters. The number of nitrogens with zero attached hydrogens (tertiary/aromatic N) is 2. The van der Waals surface area contributed by atoms with Gasteiger partial charge in [-0.1, -0.05) is 37.3 Å². The molecule has 0 bridgehead atoms. The van der Waals surface area contributed by atoms with Crippen molar-refractivity contribution in [2.75, 3.05) is 32.7 Å². The highest BCUT2D eigenvalue weighted by Crippen LogP contribution is 2.18. The van der Waals surface area contributed by atoms with Crippen LogP contribution in [0.1, 0.15) is 31.7 Å². The lowest BCUT2D eigenvalue weighted by atomic mass is 10.0. The summed E-state index contributed by atoms with van der Waals surface area (Å²) in [4.78, 5) is 5.19.